The lowest BCUT2D eigenvalue weighted by atomic mass is 9.91. The Balaban J connectivity index is 1.62. The Hall–Kier alpha value is -3.38. The van der Waals surface area contributed by atoms with Crippen LogP contribution in [0.2, 0.25) is 5.02 Å². The van der Waals surface area contributed by atoms with E-state index >= 15 is 0 Å². The lowest BCUT2D eigenvalue weighted by Gasteiger charge is -2.15. The van der Waals surface area contributed by atoms with E-state index in [0.717, 1.165) is 22.0 Å². The Morgan fingerprint density at radius 1 is 1.10 bits per heavy atom. The van der Waals surface area contributed by atoms with Gasteiger partial charge in [-0.3, -0.25) is 10.1 Å². The minimum absolute atomic E-state index is 0.164. The van der Waals surface area contributed by atoms with E-state index in [1.807, 2.05) is 24.3 Å². The summed E-state index contributed by atoms with van der Waals surface area (Å²) in [7, 11) is 0. The zero-order valence-electron chi connectivity index (χ0n) is 15.8. The molecule has 3 aromatic carbocycles. The van der Waals surface area contributed by atoms with Gasteiger partial charge in [-0.1, -0.05) is 48.0 Å². The van der Waals surface area contributed by atoms with Crippen LogP contribution in [0.25, 0.3) is 10.9 Å². The van der Waals surface area contributed by atoms with E-state index in [2.05, 4.69) is 4.98 Å². The van der Waals surface area contributed by atoms with E-state index in [0.29, 0.717) is 16.3 Å². The molecule has 0 spiro atoms. The number of nitro groups is 1. The lowest BCUT2D eigenvalue weighted by Crippen LogP contribution is -2.13. The number of para-hydroxylation sites is 1. The van der Waals surface area contributed by atoms with Gasteiger partial charge < -0.3 is 9.72 Å². The molecule has 0 saturated carbocycles. The van der Waals surface area contributed by atoms with Gasteiger partial charge in [0.25, 0.3) is 0 Å². The average molecular weight is 425 g/mol. The molecule has 0 radical (unpaired) electrons. The Labute approximate surface area is 177 Å². The van der Waals surface area contributed by atoms with Crippen molar-refractivity contribution >= 4 is 22.5 Å². The fourth-order valence-electron chi connectivity index (χ4n) is 3.55. The number of hydrogen-bond acceptors (Lipinski definition) is 3. The molecule has 5 nitrogen and oxygen atoms in total. The molecule has 0 fully saturated rings. The number of halogens is 2. The minimum atomic E-state index is -0.467. The SMILES string of the molecule is O=[N+]([O-])C[C@H](c1ccc(OCc2cccc(F)c2)c(Cl)c1)c1c[nH]c2ccccc12. The molecule has 1 atom stereocenters. The predicted molar refractivity (Wildman–Crippen MR) is 114 cm³/mol. The summed E-state index contributed by atoms with van der Waals surface area (Å²) in [6.07, 6.45) is 1.81. The molecule has 0 saturated heterocycles. The number of nitrogens with one attached hydrogen (secondary N) is 1. The molecule has 1 heterocycles. The quantitative estimate of drug-likeness (QED) is 0.294. The molecule has 0 bridgehead atoms. The van der Waals surface area contributed by atoms with Crippen molar-refractivity contribution < 1.29 is 14.1 Å². The second kappa shape index (κ2) is 8.55. The second-order valence-electron chi connectivity index (χ2n) is 6.97. The summed E-state index contributed by atoms with van der Waals surface area (Å²) in [5.74, 6) is -0.367. The van der Waals surface area contributed by atoms with Crippen LogP contribution >= 0.6 is 11.6 Å². The van der Waals surface area contributed by atoms with Crippen molar-refractivity contribution in [2.45, 2.75) is 12.5 Å². The first-order valence-corrected chi connectivity index (χ1v) is 9.73. The number of H-pyrrole nitrogens is 1. The molecule has 30 heavy (non-hydrogen) atoms. The van der Waals surface area contributed by atoms with Gasteiger partial charge in [0.2, 0.25) is 6.54 Å². The molecule has 4 aromatic rings. The van der Waals surface area contributed by atoms with E-state index < -0.39 is 5.92 Å². The Kier molecular flexibility index (Phi) is 5.68. The molecule has 1 aromatic heterocycles. The highest BCUT2D eigenvalue weighted by Crippen LogP contribution is 2.35. The van der Waals surface area contributed by atoms with Crippen molar-refractivity contribution in [1.82, 2.24) is 4.98 Å². The van der Waals surface area contributed by atoms with Crippen LogP contribution in [0.4, 0.5) is 4.39 Å². The first-order valence-electron chi connectivity index (χ1n) is 9.36. The maximum Gasteiger partial charge on any atom is 0.214 e. The highest BCUT2D eigenvalue weighted by atomic mass is 35.5. The Morgan fingerprint density at radius 2 is 1.93 bits per heavy atom. The van der Waals surface area contributed by atoms with Crippen molar-refractivity contribution in [1.29, 1.82) is 0 Å². The molecule has 1 N–H and O–H groups in total. The molecular formula is C23H18ClFN2O3. The van der Waals surface area contributed by atoms with Crippen molar-refractivity contribution in [2.75, 3.05) is 6.54 Å². The first-order chi connectivity index (χ1) is 14.5. The van der Waals surface area contributed by atoms with Crippen LogP contribution in [0.1, 0.15) is 22.6 Å². The topological polar surface area (TPSA) is 68.2 Å². The lowest BCUT2D eigenvalue weighted by molar-refractivity contribution is -0.481. The molecule has 152 valence electrons. The molecule has 7 heteroatoms. The third-order valence-corrected chi connectivity index (χ3v) is 5.27. The van der Waals surface area contributed by atoms with E-state index in [1.54, 1.807) is 36.5 Å². The molecule has 0 aliphatic rings. The van der Waals surface area contributed by atoms with Crippen molar-refractivity contribution in [2.24, 2.45) is 0 Å². The van der Waals surface area contributed by atoms with Gasteiger partial charge in [-0.15, -0.1) is 0 Å². The number of ether oxygens (including phenoxy) is 1. The Morgan fingerprint density at radius 3 is 2.70 bits per heavy atom. The summed E-state index contributed by atoms with van der Waals surface area (Å²) < 4.78 is 19.0. The third-order valence-electron chi connectivity index (χ3n) is 4.97. The average Bonchev–Trinajstić information content (AvgIpc) is 3.15. The van der Waals surface area contributed by atoms with Gasteiger partial charge in [0.15, 0.2) is 0 Å². The van der Waals surface area contributed by atoms with Crippen molar-refractivity contribution in [3.05, 3.63) is 111 Å². The minimum Gasteiger partial charge on any atom is -0.487 e. The number of hydrogen-bond donors (Lipinski definition) is 1. The number of nitrogens with zero attached hydrogens (tertiary/aromatic N) is 1. The molecule has 0 aliphatic heterocycles. The van der Waals surface area contributed by atoms with E-state index in [-0.39, 0.29) is 23.9 Å². The van der Waals surface area contributed by atoms with Crippen LogP contribution in [-0.2, 0) is 6.61 Å². The number of benzene rings is 3. The van der Waals surface area contributed by atoms with Gasteiger partial charge in [0.05, 0.1) is 10.9 Å². The highest BCUT2D eigenvalue weighted by molar-refractivity contribution is 6.32. The second-order valence-corrected chi connectivity index (χ2v) is 7.37. The maximum atomic E-state index is 13.3. The van der Waals surface area contributed by atoms with Gasteiger partial charge in [0, 0.05) is 22.0 Å². The summed E-state index contributed by atoms with van der Waals surface area (Å²) >= 11 is 6.41. The fraction of sp³-hybridized carbons (Fsp3) is 0.130. The van der Waals surface area contributed by atoms with Crippen LogP contribution in [0.3, 0.4) is 0 Å². The standard InChI is InChI=1S/C23H18ClFN2O3/c24-21-11-16(8-9-23(21)30-14-15-4-3-5-17(25)10-15)20(13-27(28)29)19-12-26-22-7-2-1-6-18(19)22/h1-12,20,26H,13-14H2/t20-/m1/s1. The number of fused-ring (bicyclic) bond motifs is 1. The van der Waals surface area contributed by atoms with E-state index in [4.69, 9.17) is 16.3 Å². The van der Waals surface area contributed by atoms with E-state index in [1.165, 1.54) is 12.1 Å². The van der Waals surface area contributed by atoms with Crippen molar-refractivity contribution in [3.8, 4) is 5.75 Å². The summed E-state index contributed by atoms with van der Waals surface area (Å²) in [5, 5.41) is 12.6. The van der Waals surface area contributed by atoms with Gasteiger partial charge in [-0.25, -0.2) is 4.39 Å². The normalized spacial score (nSPS) is 12.1. The van der Waals surface area contributed by atoms with Crippen LogP contribution in [0.15, 0.2) is 72.9 Å². The van der Waals surface area contributed by atoms with Gasteiger partial charge in [-0.05, 0) is 47.0 Å². The van der Waals surface area contributed by atoms with Gasteiger partial charge in [-0.2, -0.15) is 0 Å². The molecule has 0 unspecified atom stereocenters. The zero-order valence-corrected chi connectivity index (χ0v) is 16.6. The maximum absolute atomic E-state index is 13.3. The first kappa shape index (κ1) is 19.9. The van der Waals surface area contributed by atoms with Crippen LogP contribution in [-0.4, -0.2) is 16.5 Å². The van der Waals surface area contributed by atoms with Crippen LogP contribution < -0.4 is 4.74 Å². The highest BCUT2D eigenvalue weighted by Gasteiger charge is 2.24. The zero-order chi connectivity index (χ0) is 21.1. The summed E-state index contributed by atoms with van der Waals surface area (Å²) in [6.45, 7) is -0.0979. The van der Waals surface area contributed by atoms with Gasteiger partial charge in [0.1, 0.15) is 18.2 Å². The monoisotopic (exact) mass is 424 g/mol. The van der Waals surface area contributed by atoms with Crippen LogP contribution in [0, 0.1) is 15.9 Å². The number of aromatic amines is 1. The molecule has 0 aliphatic carbocycles. The summed E-state index contributed by atoms with van der Waals surface area (Å²) in [4.78, 5) is 14.2. The molecule has 4 rings (SSSR count). The van der Waals surface area contributed by atoms with Crippen molar-refractivity contribution in [3.63, 3.8) is 0 Å². The van der Waals surface area contributed by atoms with Crippen LogP contribution in [0.5, 0.6) is 5.75 Å². The van der Waals surface area contributed by atoms with E-state index in [9.17, 15) is 14.5 Å². The number of rotatable bonds is 7. The fourth-order valence-corrected chi connectivity index (χ4v) is 3.80. The third kappa shape index (κ3) is 4.28. The van der Waals surface area contributed by atoms with Gasteiger partial charge >= 0.3 is 0 Å². The predicted octanol–water partition coefficient (Wildman–Crippen LogP) is 5.95. The largest absolute Gasteiger partial charge is 0.487 e. The molecular weight excluding hydrogens is 407 g/mol. The Bertz CT molecular complexity index is 1210. The number of aromatic nitrogens is 1. The summed E-state index contributed by atoms with van der Waals surface area (Å²) in [5.41, 5.74) is 3.16. The summed E-state index contributed by atoms with van der Waals surface area (Å²) in [6, 6.07) is 19.0. The molecule has 0 amide bonds. The smallest absolute Gasteiger partial charge is 0.214 e.